The molecule has 2 fully saturated rings. The smallest absolute Gasteiger partial charge is 0.444 e. The van der Waals surface area contributed by atoms with Crippen molar-refractivity contribution in [2.45, 2.75) is 109 Å². The standard InChI is InChI=1S/C23H38BN3O4S/c1-21(2,3)29-20(28)27-13-9-8-11-18(27)12-10-14-32-19-25-15-17(16-26-19)24-30-22(4,5)23(6,7)31-24/h15-16,18H,8-14H2,1-7H3. The van der Waals surface area contributed by atoms with Gasteiger partial charge in [-0.3, -0.25) is 0 Å². The molecule has 0 aliphatic carbocycles. The third-order valence-corrected chi connectivity index (χ3v) is 7.30. The van der Waals surface area contributed by atoms with Crippen LogP contribution in [0.3, 0.4) is 0 Å². The van der Waals surface area contributed by atoms with Crippen LogP contribution in [0.2, 0.25) is 0 Å². The van der Waals surface area contributed by atoms with Crippen molar-refractivity contribution in [2.24, 2.45) is 0 Å². The molecule has 0 saturated carbocycles. The number of rotatable bonds is 6. The molecule has 1 aromatic rings. The molecular formula is C23H38BN3O4S. The number of thioether (sulfide) groups is 1. The van der Waals surface area contributed by atoms with E-state index in [1.807, 2.05) is 53.4 Å². The second kappa shape index (κ2) is 9.89. The Kier molecular flexibility index (Phi) is 7.83. The number of nitrogens with zero attached hydrogens (tertiary/aromatic N) is 3. The lowest BCUT2D eigenvalue weighted by atomic mass is 9.81. The highest BCUT2D eigenvalue weighted by Crippen LogP contribution is 2.36. The van der Waals surface area contributed by atoms with E-state index in [9.17, 15) is 4.79 Å². The fourth-order valence-corrected chi connectivity index (χ4v) is 4.59. The van der Waals surface area contributed by atoms with Gasteiger partial charge in [-0.05, 0) is 80.6 Å². The summed E-state index contributed by atoms with van der Waals surface area (Å²) in [6.45, 7) is 14.7. The van der Waals surface area contributed by atoms with Gasteiger partial charge >= 0.3 is 13.2 Å². The molecular weight excluding hydrogens is 425 g/mol. The fraction of sp³-hybridized carbons (Fsp3) is 0.783. The maximum atomic E-state index is 12.6. The Morgan fingerprint density at radius 1 is 1.19 bits per heavy atom. The molecule has 7 nitrogen and oxygen atoms in total. The third kappa shape index (κ3) is 6.38. The Balaban J connectivity index is 1.46. The van der Waals surface area contributed by atoms with Crippen LogP contribution in [0.5, 0.6) is 0 Å². The van der Waals surface area contributed by atoms with E-state index in [0.29, 0.717) is 0 Å². The number of carbonyl (C=O) groups excluding carboxylic acids is 1. The summed E-state index contributed by atoms with van der Waals surface area (Å²) >= 11 is 1.64. The van der Waals surface area contributed by atoms with Crippen molar-refractivity contribution in [1.82, 2.24) is 14.9 Å². The van der Waals surface area contributed by atoms with E-state index in [1.54, 1.807) is 24.2 Å². The summed E-state index contributed by atoms with van der Waals surface area (Å²) in [5.74, 6) is 0.911. The molecule has 2 aliphatic heterocycles. The van der Waals surface area contributed by atoms with Gasteiger partial charge in [0.15, 0.2) is 5.16 Å². The Bertz CT molecular complexity index is 766. The largest absolute Gasteiger partial charge is 0.498 e. The molecule has 0 radical (unpaired) electrons. The predicted octanol–water partition coefficient (Wildman–Crippen LogP) is 4.44. The van der Waals surface area contributed by atoms with Gasteiger partial charge in [-0.15, -0.1) is 0 Å². The van der Waals surface area contributed by atoms with Crippen molar-refractivity contribution >= 4 is 30.4 Å². The molecule has 0 spiro atoms. The number of piperidine rings is 1. The molecule has 0 bridgehead atoms. The van der Waals surface area contributed by atoms with Crippen LogP contribution in [0.25, 0.3) is 0 Å². The summed E-state index contributed by atoms with van der Waals surface area (Å²) in [5, 5.41) is 0.748. The van der Waals surface area contributed by atoms with Gasteiger partial charge in [0.25, 0.3) is 0 Å². The molecule has 178 valence electrons. The van der Waals surface area contributed by atoms with Gasteiger partial charge in [0, 0.05) is 36.2 Å². The minimum Gasteiger partial charge on any atom is -0.444 e. The molecule has 2 aliphatic rings. The van der Waals surface area contributed by atoms with E-state index in [0.717, 1.165) is 48.6 Å². The number of hydrogen-bond acceptors (Lipinski definition) is 7. The lowest BCUT2D eigenvalue weighted by Gasteiger charge is -2.36. The predicted molar refractivity (Wildman–Crippen MR) is 128 cm³/mol. The van der Waals surface area contributed by atoms with Crippen LogP contribution in [-0.2, 0) is 14.0 Å². The van der Waals surface area contributed by atoms with Crippen LogP contribution in [0, 0.1) is 0 Å². The van der Waals surface area contributed by atoms with Gasteiger partial charge in [0.05, 0.1) is 11.2 Å². The molecule has 1 amide bonds. The highest BCUT2D eigenvalue weighted by molar-refractivity contribution is 7.99. The molecule has 9 heteroatoms. The monoisotopic (exact) mass is 463 g/mol. The first-order valence-electron chi connectivity index (χ1n) is 11.7. The second-order valence-corrected chi connectivity index (χ2v) is 11.8. The Morgan fingerprint density at radius 3 is 2.41 bits per heavy atom. The van der Waals surface area contributed by atoms with Crippen LogP contribution in [0.4, 0.5) is 4.79 Å². The molecule has 1 atom stereocenters. The van der Waals surface area contributed by atoms with E-state index in [2.05, 4.69) is 9.97 Å². The number of amides is 1. The average molecular weight is 463 g/mol. The van der Waals surface area contributed by atoms with Gasteiger partial charge in [-0.2, -0.15) is 0 Å². The molecule has 0 N–H and O–H groups in total. The molecule has 1 unspecified atom stereocenters. The van der Waals surface area contributed by atoms with E-state index in [1.165, 1.54) is 6.42 Å². The van der Waals surface area contributed by atoms with Crippen LogP contribution in [0.1, 0.15) is 80.6 Å². The highest BCUT2D eigenvalue weighted by Gasteiger charge is 2.52. The van der Waals surface area contributed by atoms with Gasteiger partial charge in [0.2, 0.25) is 0 Å². The van der Waals surface area contributed by atoms with Gasteiger partial charge in [-0.1, -0.05) is 11.8 Å². The van der Waals surface area contributed by atoms with E-state index in [-0.39, 0.29) is 23.3 Å². The second-order valence-electron chi connectivity index (χ2n) is 10.7. The van der Waals surface area contributed by atoms with Crippen molar-refractivity contribution in [3.05, 3.63) is 12.4 Å². The zero-order valence-electron chi connectivity index (χ0n) is 20.6. The van der Waals surface area contributed by atoms with Crippen molar-refractivity contribution in [2.75, 3.05) is 12.3 Å². The van der Waals surface area contributed by atoms with Crippen LogP contribution in [0.15, 0.2) is 17.6 Å². The summed E-state index contributed by atoms with van der Waals surface area (Å²) in [4.78, 5) is 23.5. The van der Waals surface area contributed by atoms with E-state index < -0.39 is 12.7 Å². The van der Waals surface area contributed by atoms with Crippen molar-refractivity contribution in [3.8, 4) is 0 Å². The van der Waals surface area contributed by atoms with Crippen LogP contribution < -0.4 is 5.46 Å². The lowest BCUT2D eigenvalue weighted by molar-refractivity contribution is 0.00578. The van der Waals surface area contributed by atoms with Gasteiger partial charge in [-0.25, -0.2) is 14.8 Å². The van der Waals surface area contributed by atoms with E-state index in [4.69, 9.17) is 14.0 Å². The Labute approximate surface area is 197 Å². The first-order valence-corrected chi connectivity index (χ1v) is 12.7. The molecule has 3 rings (SSSR count). The van der Waals surface area contributed by atoms with Crippen LogP contribution >= 0.6 is 11.8 Å². The Hall–Kier alpha value is -1.32. The maximum Gasteiger partial charge on any atom is 0.498 e. The number of likely N-dealkylation sites (tertiary alicyclic amines) is 1. The van der Waals surface area contributed by atoms with Gasteiger partial charge in [0.1, 0.15) is 5.60 Å². The minimum absolute atomic E-state index is 0.184. The van der Waals surface area contributed by atoms with Crippen molar-refractivity contribution < 1.29 is 18.8 Å². The molecule has 32 heavy (non-hydrogen) atoms. The average Bonchev–Trinajstić information content (AvgIpc) is 2.92. The highest BCUT2D eigenvalue weighted by atomic mass is 32.2. The zero-order chi connectivity index (χ0) is 23.6. The first kappa shape index (κ1) is 25.3. The van der Waals surface area contributed by atoms with Crippen molar-refractivity contribution in [3.63, 3.8) is 0 Å². The first-order chi connectivity index (χ1) is 14.9. The summed E-state index contributed by atoms with van der Waals surface area (Å²) in [6.07, 6.45) is 8.63. The quantitative estimate of drug-likeness (QED) is 0.267. The van der Waals surface area contributed by atoms with E-state index >= 15 is 0 Å². The minimum atomic E-state index is -0.460. The number of carbonyl (C=O) groups is 1. The molecule has 1 aromatic heterocycles. The fourth-order valence-electron chi connectivity index (χ4n) is 3.85. The maximum absolute atomic E-state index is 12.6. The number of aromatic nitrogens is 2. The van der Waals surface area contributed by atoms with Crippen molar-refractivity contribution in [1.29, 1.82) is 0 Å². The number of ether oxygens (including phenoxy) is 1. The zero-order valence-corrected chi connectivity index (χ0v) is 21.5. The molecule has 2 saturated heterocycles. The van der Waals surface area contributed by atoms with Gasteiger partial charge < -0.3 is 18.9 Å². The lowest BCUT2D eigenvalue weighted by Crippen LogP contribution is -2.46. The topological polar surface area (TPSA) is 73.8 Å². The number of hydrogen-bond donors (Lipinski definition) is 0. The molecule has 0 aromatic carbocycles. The SMILES string of the molecule is CC(C)(C)OC(=O)N1CCCCC1CCCSc1ncc(B2OC(C)(C)C(C)(C)O2)cn1. The normalized spacial score (nSPS) is 22.8. The summed E-state index contributed by atoms with van der Waals surface area (Å²) in [6, 6.07) is 0.255. The third-order valence-electron chi connectivity index (χ3n) is 6.34. The van der Waals surface area contributed by atoms with Crippen LogP contribution in [-0.4, -0.2) is 63.2 Å². The summed E-state index contributed by atoms with van der Waals surface area (Å²) < 4.78 is 17.7. The summed E-state index contributed by atoms with van der Waals surface area (Å²) in [5.41, 5.74) is -0.379. The summed E-state index contributed by atoms with van der Waals surface area (Å²) in [7, 11) is -0.441. The molecule has 3 heterocycles. The Morgan fingerprint density at radius 2 is 1.81 bits per heavy atom.